The minimum atomic E-state index is -0.745. The molecule has 0 atom stereocenters. The van der Waals surface area contributed by atoms with E-state index in [-0.39, 0.29) is 11.3 Å². The predicted octanol–water partition coefficient (Wildman–Crippen LogP) is 3.41. The van der Waals surface area contributed by atoms with E-state index in [1.54, 1.807) is 37.3 Å². The van der Waals surface area contributed by atoms with Crippen molar-refractivity contribution < 1.29 is 9.18 Å². The number of hydrogen-bond acceptors (Lipinski definition) is 2. The first-order valence-electron chi connectivity index (χ1n) is 5.01. The highest BCUT2D eigenvalue weighted by Gasteiger charge is 2.17. The van der Waals surface area contributed by atoms with E-state index >= 15 is 0 Å². The summed E-state index contributed by atoms with van der Waals surface area (Å²) in [5.74, 6) is -1.13. The number of hydrogen-bond donors (Lipinski definition) is 0. The Morgan fingerprint density at radius 2 is 1.88 bits per heavy atom. The summed E-state index contributed by atoms with van der Waals surface area (Å²) in [4.78, 5) is 15.6. The second kappa shape index (κ2) is 4.63. The molecule has 1 aromatic carbocycles. The molecule has 0 radical (unpaired) electrons. The number of halogens is 2. The van der Waals surface area contributed by atoms with Gasteiger partial charge in [0.25, 0.3) is 0 Å². The molecule has 17 heavy (non-hydrogen) atoms. The summed E-state index contributed by atoms with van der Waals surface area (Å²) in [7, 11) is 0. The molecule has 2 rings (SSSR count). The SMILES string of the molecule is Cc1ccnc(F)c1C(=O)c1ccc(Cl)cc1. The van der Waals surface area contributed by atoms with Crippen LogP contribution < -0.4 is 0 Å². The maximum atomic E-state index is 13.5. The molecule has 0 bridgehead atoms. The molecule has 2 aromatic rings. The Morgan fingerprint density at radius 1 is 1.24 bits per heavy atom. The minimum Gasteiger partial charge on any atom is -0.288 e. The monoisotopic (exact) mass is 249 g/mol. The van der Waals surface area contributed by atoms with Gasteiger partial charge in [-0.3, -0.25) is 4.79 Å². The second-order valence-corrected chi connectivity index (χ2v) is 4.07. The summed E-state index contributed by atoms with van der Waals surface area (Å²) in [6.07, 6.45) is 1.34. The van der Waals surface area contributed by atoms with Gasteiger partial charge < -0.3 is 0 Å². The van der Waals surface area contributed by atoms with Gasteiger partial charge in [-0.25, -0.2) is 4.98 Å². The number of benzene rings is 1. The first-order chi connectivity index (χ1) is 8.09. The third-order valence-corrected chi connectivity index (χ3v) is 2.70. The van der Waals surface area contributed by atoms with Gasteiger partial charge in [-0.05, 0) is 42.8 Å². The van der Waals surface area contributed by atoms with Crippen LogP contribution in [-0.2, 0) is 0 Å². The van der Waals surface area contributed by atoms with Crippen molar-refractivity contribution in [3.8, 4) is 0 Å². The zero-order chi connectivity index (χ0) is 12.4. The van der Waals surface area contributed by atoms with Crippen LogP contribution in [0.25, 0.3) is 0 Å². The molecule has 1 aromatic heterocycles. The van der Waals surface area contributed by atoms with Crippen LogP contribution >= 0.6 is 11.6 Å². The van der Waals surface area contributed by atoms with E-state index in [0.29, 0.717) is 16.1 Å². The van der Waals surface area contributed by atoms with Crippen LogP contribution in [0, 0.1) is 12.9 Å². The van der Waals surface area contributed by atoms with Crippen molar-refractivity contribution in [3.05, 3.63) is 64.2 Å². The van der Waals surface area contributed by atoms with E-state index < -0.39 is 5.95 Å². The predicted molar refractivity (Wildman–Crippen MR) is 63.8 cm³/mol. The largest absolute Gasteiger partial charge is 0.288 e. The van der Waals surface area contributed by atoms with Gasteiger partial charge in [-0.1, -0.05) is 11.6 Å². The van der Waals surface area contributed by atoms with E-state index in [4.69, 9.17) is 11.6 Å². The van der Waals surface area contributed by atoms with Gasteiger partial charge in [-0.2, -0.15) is 4.39 Å². The molecular formula is C13H9ClFNO. The number of rotatable bonds is 2. The lowest BCUT2D eigenvalue weighted by atomic mass is 10.0. The van der Waals surface area contributed by atoms with Crippen LogP contribution in [0.15, 0.2) is 36.5 Å². The third kappa shape index (κ3) is 2.34. The summed E-state index contributed by atoms with van der Waals surface area (Å²) >= 11 is 5.73. The van der Waals surface area contributed by atoms with Crippen molar-refractivity contribution in [2.75, 3.05) is 0 Å². The van der Waals surface area contributed by atoms with Crippen molar-refractivity contribution in [3.63, 3.8) is 0 Å². The molecular weight excluding hydrogens is 241 g/mol. The smallest absolute Gasteiger partial charge is 0.224 e. The number of aromatic nitrogens is 1. The van der Waals surface area contributed by atoms with Gasteiger partial charge in [0, 0.05) is 16.8 Å². The Labute approximate surface area is 103 Å². The number of carbonyl (C=O) groups excluding carboxylic acids is 1. The maximum Gasteiger partial charge on any atom is 0.224 e. The maximum absolute atomic E-state index is 13.5. The lowest BCUT2D eigenvalue weighted by Crippen LogP contribution is -2.08. The molecule has 0 aliphatic carbocycles. The fourth-order valence-electron chi connectivity index (χ4n) is 1.54. The average molecular weight is 250 g/mol. The van der Waals surface area contributed by atoms with Crippen LogP contribution in [0.2, 0.25) is 5.02 Å². The van der Waals surface area contributed by atoms with Crippen molar-refractivity contribution in [2.24, 2.45) is 0 Å². The van der Waals surface area contributed by atoms with Crippen LogP contribution in [0.5, 0.6) is 0 Å². The van der Waals surface area contributed by atoms with Gasteiger partial charge in [0.05, 0.1) is 5.56 Å². The Kier molecular flexibility index (Phi) is 3.20. The molecule has 0 saturated carbocycles. The molecule has 86 valence electrons. The number of aryl methyl sites for hydroxylation is 1. The molecule has 0 spiro atoms. The Hall–Kier alpha value is -1.74. The molecule has 1 heterocycles. The first-order valence-corrected chi connectivity index (χ1v) is 5.39. The molecule has 0 unspecified atom stereocenters. The molecule has 0 saturated heterocycles. The molecule has 0 fully saturated rings. The normalized spacial score (nSPS) is 10.3. The summed E-state index contributed by atoms with van der Waals surface area (Å²) in [6, 6.07) is 7.93. The van der Waals surface area contributed by atoms with Gasteiger partial charge in [0.15, 0.2) is 5.78 Å². The van der Waals surface area contributed by atoms with E-state index in [2.05, 4.69) is 4.98 Å². The summed E-state index contributed by atoms with van der Waals surface area (Å²) in [5, 5.41) is 0.532. The molecule has 0 N–H and O–H groups in total. The second-order valence-electron chi connectivity index (χ2n) is 3.63. The zero-order valence-electron chi connectivity index (χ0n) is 9.08. The minimum absolute atomic E-state index is 0.00909. The zero-order valence-corrected chi connectivity index (χ0v) is 9.83. The number of pyridine rings is 1. The van der Waals surface area contributed by atoms with E-state index in [1.807, 2.05) is 0 Å². The lowest BCUT2D eigenvalue weighted by Gasteiger charge is -2.05. The van der Waals surface area contributed by atoms with Crippen LogP contribution in [0.4, 0.5) is 4.39 Å². The fraction of sp³-hybridized carbons (Fsp3) is 0.0769. The Balaban J connectivity index is 2.47. The highest BCUT2D eigenvalue weighted by Crippen LogP contribution is 2.17. The quantitative estimate of drug-likeness (QED) is 0.603. The van der Waals surface area contributed by atoms with Crippen molar-refractivity contribution in [1.82, 2.24) is 4.98 Å². The fourth-order valence-corrected chi connectivity index (χ4v) is 1.67. The average Bonchev–Trinajstić information content (AvgIpc) is 2.29. The number of carbonyl (C=O) groups is 1. The van der Waals surface area contributed by atoms with Crippen LogP contribution in [-0.4, -0.2) is 10.8 Å². The van der Waals surface area contributed by atoms with Crippen molar-refractivity contribution in [2.45, 2.75) is 6.92 Å². The summed E-state index contributed by atoms with van der Waals surface area (Å²) in [6.45, 7) is 1.67. The van der Waals surface area contributed by atoms with Gasteiger partial charge in [-0.15, -0.1) is 0 Å². The van der Waals surface area contributed by atoms with Gasteiger partial charge in [0.2, 0.25) is 5.95 Å². The van der Waals surface area contributed by atoms with Gasteiger partial charge in [0.1, 0.15) is 0 Å². The molecule has 0 aliphatic heterocycles. The lowest BCUT2D eigenvalue weighted by molar-refractivity contribution is 0.103. The summed E-state index contributed by atoms with van der Waals surface area (Å²) < 4.78 is 13.5. The van der Waals surface area contributed by atoms with E-state index in [1.165, 1.54) is 6.20 Å². The van der Waals surface area contributed by atoms with E-state index in [9.17, 15) is 9.18 Å². The first kappa shape index (κ1) is 11.7. The van der Waals surface area contributed by atoms with Gasteiger partial charge >= 0.3 is 0 Å². The number of ketones is 1. The van der Waals surface area contributed by atoms with Crippen molar-refractivity contribution in [1.29, 1.82) is 0 Å². The van der Waals surface area contributed by atoms with Crippen molar-refractivity contribution >= 4 is 17.4 Å². The van der Waals surface area contributed by atoms with Crippen LogP contribution in [0.3, 0.4) is 0 Å². The third-order valence-electron chi connectivity index (χ3n) is 2.45. The molecule has 0 amide bonds. The van der Waals surface area contributed by atoms with Crippen LogP contribution in [0.1, 0.15) is 21.5 Å². The Morgan fingerprint density at radius 3 is 2.47 bits per heavy atom. The Bertz CT molecular complexity index is 546. The molecule has 4 heteroatoms. The molecule has 2 nitrogen and oxygen atoms in total. The highest BCUT2D eigenvalue weighted by molar-refractivity contribution is 6.30. The molecule has 0 aliphatic rings. The summed E-state index contributed by atoms with van der Waals surface area (Å²) in [5.41, 5.74) is 0.969. The standard InChI is InChI=1S/C13H9ClFNO/c1-8-6-7-16-13(15)11(8)12(17)9-2-4-10(14)5-3-9/h2-7H,1H3. The highest BCUT2D eigenvalue weighted by atomic mass is 35.5. The van der Waals surface area contributed by atoms with E-state index in [0.717, 1.165) is 0 Å². The number of nitrogens with zero attached hydrogens (tertiary/aromatic N) is 1. The topological polar surface area (TPSA) is 30.0 Å².